The Morgan fingerprint density at radius 3 is 0.959 bits per heavy atom. The maximum Gasteiger partial charge on any atom is 0.164 e. The van der Waals surface area contributed by atoms with Crippen LogP contribution in [0.25, 0.3) is 134 Å². The second-order valence-electron chi connectivity index (χ2n) is 18.8. The van der Waals surface area contributed by atoms with Gasteiger partial charge in [0, 0.05) is 49.4 Å². The van der Waals surface area contributed by atoms with E-state index in [-0.39, 0.29) is 0 Å². The fourth-order valence-corrected chi connectivity index (χ4v) is 10.9. The number of nitrogens with zero attached hydrogens (tertiary/aromatic N) is 5. The second-order valence-corrected chi connectivity index (χ2v) is 18.8. The van der Waals surface area contributed by atoms with E-state index < -0.39 is 0 Å². The van der Waals surface area contributed by atoms with Crippen molar-refractivity contribution in [2.24, 2.45) is 0 Å². The molecule has 0 N–H and O–H groups in total. The molecule has 5 heteroatoms. The Bertz CT molecular complexity index is 4310. The van der Waals surface area contributed by atoms with Crippen molar-refractivity contribution in [3.8, 4) is 90.0 Å². The van der Waals surface area contributed by atoms with Crippen LogP contribution in [0.5, 0.6) is 0 Å². The molecule has 0 spiro atoms. The fourth-order valence-electron chi connectivity index (χ4n) is 10.9. The zero-order valence-corrected chi connectivity index (χ0v) is 40.2. The number of fused-ring (bicyclic) bond motifs is 6. The van der Waals surface area contributed by atoms with Crippen LogP contribution in [-0.4, -0.2) is 24.1 Å². The Morgan fingerprint density at radius 2 is 0.500 bits per heavy atom. The lowest BCUT2D eigenvalue weighted by Crippen LogP contribution is -2.02. The van der Waals surface area contributed by atoms with Crippen LogP contribution in [0.4, 0.5) is 0 Å². The molecule has 3 heterocycles. The summed E-state index contributed by atoms with van der Waals surface area (Å²) in [6.45, 7) is 0. The normalized spacial score (nSPS) is 11.5. The molecular weight excluding hydrogens is 899 g/mol. The molecule has 0 aliphatic heterocycles. The average Bonchev–Trinajstić information content (AvgIpc) is 4.00. The minimum Gasteiger partial charge on any atom is -0.309 e. The molecule has 3 aromatic heterocycles. The van der Waals surface area contributed by atoms with Crippen molar-refractivity contribution < 1.29 is 0 Å². The molecule has 0 atom stereocenters. The van der Waals surface area contributed by atoms with Crippen molar-refractivity contribution in [3.05, 3.63) is 273 Å². The second kappa shape index (κ2) is 18.0. The van der Waals surface area contributed by atoms with E-state index in [9.17, 15) is 0 Å². The Hall–Kier alpha value is -9.97. The topological polar surface area (TPSA) is 48.5 Å². The van der Waals surface area contributed by atoms with Crippen LogP contribution < -0.4 is 0 Å². The number of hydrogen-bond donors (Lipinski definition) is 0. The highest BCUT2D eigenvalue weighted by Crippen LogP contribution is 2.42. The lowest BCUT2D eigenvalue weighted by atomic mass is 9.95. The molecule has 0 aliphatic rings. The molecule has 0 unspecified atom stereocenters. The molecule has 11 aromatic carbocycles. The van der Waals surface area contributed by atoms with E-state index in [1.54, 1.807) is 0 Å². The van der Waals surface area contributed by atoms with E-state index in [0.29, 0.717) is 17.5 Å². The molecular formula is C69H45N5. The average molecular weight is 944 g/mol. The van der Waals surface area contributed by atoms with Crippen molar-refractivity contribution in [2.45, 2.75) is 0 Å². The van der Waals surface area contributed by atoms with Crippen molar-refractivity contribution >= 4 is 43.6 Å². The summed E-state index contributed by atoms with van der Waals surface area (Å²) in [4.78, 5) is 16.0. The van der Waals surface area contributed by atoms with E-state index >= 15 is 0 Å². The van der Waals surface area contributed by atoms with Gasteiger partial charge in [-0.1, -0.05) is 206 Å². The van der Waals surface area contributed by atoms with Gasteiger partial charge in [-0.15, -0.1) is 0 Å². The standard InChI is InChI=1S/C69H45N5/c1-4-20-46(21-5-1)49-26-18-27-51(42-49)60-45-54(39-41-66(60)74-63-36-16-12-32-57(63)58-33-13-17-37-64(58)74)69-71-67(48-24-8-3-9-25-48)70-68(72-69)53-29-19-28-52(43-53)59-44-50(47-22-6-2-7-23-47)38-40-65(59)73-61-34-14-10-30-55(61)56-31-11-15-35-62(56)73/h1-45H. The van der Waals surface area contributed by atoms with Crippen LogP contribution in [0.1, 0.15) is 0 Å². The van der Waals surface area contributed by atoms with Crippen LogP contribution >= 0.6 is 0 Å². The van der Waals surface area contributed by atoms with Gasteiger partial charge in [-0.25, -0.2) is 15.0 Å². The van der Waals surface area contributed by atoms with Crippen molar-refractivity contribution in [1.82, 2.24) is 24.1 Å². The zero-order valence-electron chi connectivity index (χ0n) is 40.2. The summed E-state index contributed by atoms with van der Waals surface area (Å²) in [6, 6.07) is 97.2. The first-order valence-corrected chi connectivity index (χ1v) is 25.1. The molecule has 0 bridgehead atoms. The number of hydrogen-bond acceptors (Lipinski definition) is 3. The van der Waals surface area contributed by atoms with Crippen LogP contribution in [0.15, 0.2) is 273 Å². The first-order valence-electron chi connectivity index (χ1n) is 25.1. The monoisotopic (exact) mass is 943 g/mol. The first-order chi connectivity index (χ1) is 36.7. The number of aromatic nitrogens is 5. The highest BCUT2D eigenvalue weighted by molar-refractivity contribution is 6.11. The van der Waals surface area contributed by atoms with Crippen LogP contribution in [0.3, 0.4) is 0 Å². The molecule has 74 heavy (non-hydrogen) atoms. The van der Waals surface area contributed by atoms with Gasteiger partial charge in [0.15, 0.2) is 17.5 Å². The van der Waals surface area contributed by atoms with Gasteiger partial charge in [-0.05, 0) is 100 Å². The van der Waals surface area contributed by atoms with Crippen LogP contribution in [-0.2, 0) is 0 Å². The van der Waals surface area contributed by atoms with Crippen molar-refractivity contribution in [1.29, 1.82) is 0 Å². The number of para-hydroxylation sites is 4. The summed E-state index contributed by atoms with van der Waals surface area (Å²) < 4.78 is 4.81. The molecule has 14 rings (SSSR count). The third kappa shape index (κ3) is 7.46. The summed E-state index contributed by atoms with van der Waals surface area (Å²) in [5, 5.41) is 4.86. The molecule has 346 valence electrons. The summed E-state index contributed by atoms with van der Waals surface area (Å²) in [5.74, 6) is 1.78. The van der Waals surface area contributed by atoms with E-state index in [1.165, 1.54) is 21.5 Å². The summed E-state index contributed by atoms with van der Waals surface area (Å²) in [6.07, 6.45) is 0. The lowest BCUT2D eigenvalue weighted by molar-refractivity contribution is 1.07. The molecule has 5 nitrogen and oxygen atoms in total. The van der Waals surface area contributed by atoms with E-state index in [2.05, 4.69) is 264 Å². The first kappa shape index (κ1) is 42.9. The van der Waals surface area contributed by atoms with Crippen LogP contribution in [0, 0.1) is 0 Å². The van der Waals surface area contributed by atoms with Gasteiger partial charge in [0.05, 0.1) is 33.4 Å². The number of benzene rings is 11. The maximum absolute atomic E-state index is 5.41. The minimum atomic E-state index is 0.588. The van der Waals surface area contributed by atoms with E-state index in [0.717, 1.165) is 94.6 Å². The van der Waals surface area contributed by atoms with Crippen molar-refractivity contribution in [2.75, 3.05) is 0 Å². The molecule has 0 amide bonds. The molecule has 0 aliphatic carbocycles. The molecule has 0 saturated carbocycles. The maximum atomic E-state index is 5.41. The summed E-state index contributed by atoms with van der Waals surface area (Å²) in [5.41, 5.74) is 18.3. The van der Waals surface area contributed by atoms with Gasteiger partial charge in [0.25, 0.3) is 0 Å². The van der Waals surface area contributed by atoms with Gasteiger partial charge >= 0.3 is 0 Å². The van der Waals surface area contributed by atoms with Gasteiger partial charge in [-0.2, -0.15) is 0 Å². The summed E-state index contributed by atoms with van der Waals surface area (Å²) >= 11 is 0. The van der Waals surface area contributed by atoms with Gasteiger partial charge < -0.3 is 9.13 Å². The predicted molar refractivity (Wildman–Crippen MR) is 307 cm³/mol. The molecule has 0 fully saturated rings. The van der Waals surface area contributed by atoms with Crippen LogP contribution in [0.2, 0.25) is 0 Å². The highest BCUT2D eigenvalue weighted by Gasteiger charge is 2.21. The lowest BCUT2D eigenvalue weighted by Gasteiger charge is -2.17. The van der Waals surface area contributed by atoms with Gasteiger partial charge in [0.2, 0.25) is 0 Å². The Morgan fingerprint density at radius 1 is 0.203 bits per heavy atom. The number of rotatable bonds is 9. The SMILES string of the molecule is c1ccc(-c2cccc(-c3cc(-c4nc(-c5ccccc5)nc(-c5cccc(-c6cc(-c7ccccc7)ccc6-n6c7ccccc7c7ccccc76)c5)n4)ccc3-n3c4ccccc4c4ccccc43)c2)cc1. The van der Waals surface area contributed by atoms with E-state index in [1.807, 2.05) is 18.2 Å². The third-order valence-electron chi connectivity index (χ3n) is 14.4. The molecule has 0 saturated heterocycles. The van der Waals surface area contributed by atoms with E-state index in [4.69, 9.17) is 15.0 Å². The third-order valence-corrected chi connectivity index (χ3v) is 14.4. The summed E-state index contributed by atoms with van der Waals surface area (Å²) in [7, 11) is 0. The van der Waals surface area contributed by atoms with Gasteiger partial charge in [0.1, 0.15) is 0 Å². The van der Waals surface area contributed by atoms with Gasteiger partial charge in [-0.3, -0.25) is 0 Å². The predicted octanol–water partition coefficient (Wildman–Crippen LogP) is 17.7. The largest absolute Gasteiger partial charge is 0.309 e. The Labute approximate surface area is 428 Å². The molecule has 14 aromatic rings. The molecule has 0 radical (unpaired) electrons. The quantitative estimate of drug-likeness (QED) is 0.145. The zero-order chi connectivity index (χ0) is 49.0. The Kier molecular flexibility index (Phi) is 10.4. The Balaban J connectivity index is 0.969. The van der Waals surface area contributed by atoms with Crippen molar-refractivity contribution in [3.63, 3.8) is 0 Å². The smallest absolute Gasteiger partial charge is 0.164 e. The minimum absolute atomic E-state index is 0.588. The fraction of sp³-hybridized carbons (Fsp3) is 0. The highest BCUT2D eigenvalue weighted by atomic mass is 15.0.